The maximum absolute atomic E-state index is 3.47. The second-order valence-corrected chi connectivity index (χ2v) is 6.36. The Morgan fingerprint density at radius 3 is 2.19 bits per heavy atom. The van der Waals surface area contributed by atoms with Gasteiger partial charge in [0.2, 0.25) is 0 Å². The van der Waals surface area contributed by atoms with Crippen LogP contribution < -0.4 is 5.32 Å². The van der Waals surface area contributed by atoms with Crippen LogP contribution in [-0.4, -0.2) is 37.6 Å². The molecule has 0 aromatic heterocycles. The highest BCUT2D eigenvalue weighted by molar-refractivity contribution is 4.84. The van der Waals surface area contributed by atoms with Crippen molar-refractivity contribution in [3.63, 3.8) is 0 Å². The van der Waals surface area contributed by atoms with Gasteiger partial charge in [-0.15, -0.1) is 0 Å². The lowest BCUT2D eigenvalue weighted by atomic mass is 9.85. The van der Waals surface area contributed by atoms with Gasteiger partial charge in [0, 0.05) is 12.6 Å². The summed E-state index contributed by atoms with van der Waals surface area (Å²) in [5.41, 5.74) is 0.357. The van der Waals surface area contributed by atoms with Crippen molar-refractivity contribution in [2.24, 2.45) is 11.3 Å². The summed E-state index contributed by atoms with van der Waals surface area (Å²) in [7, 11) is 2.09. The molecule has 1 aliphatic rings. The standard InChI is InChI=1S/C14H30N2/c1-6-12-7-9-16(10-8-12)11-13(15-5)14(2,3)4/h12-13,15H,6-11H2,1-5H3. The molecule has 1 fully saturated rings. The second-order valence-electron chi connectivity index (χ2n) is 6.36. The summed E-state index contributed by atoms with van der Waals surface area (Å²) < 4.78 is 0. The van der Waals surface area contributed by atoms with Gasteiger partial charge >= 0.3 is 0 Å². The van der Waals surface area contributed by atoms with E-state index in [9.17, 15) is 0 Å². The molecule has 0 spiro atoms. The zero-order valence-electron chi connectivity index (χ0n) is 11.8. The van der Waals surface area contributed by atoms with Crippen molar-refractivity contribution < 1.29 is 0 Å². The number of piperidine rings is 1. The summed E-state index contributed by atoms with van der Waals surface area (Å²) in [5.74, 6) is 0.985. The van der Waals surface area contributed by atoms with E-state index in [-0.39, 0.29) is 0 Å². The number of nitrogens with one attached hydrogen (secondary N) is 1. The van der Waals surface area contributed by atoms with Crippen LogP contribution in [0.2, 0.25) is 0 Å². The summed E-state index contributed by atoms with van der Waals surface area (Å²) >= 11 is 0. The molecule has 96 valence electrons. The number of rotatable bonds is 4. The van der Waals surface area contributed by atoms with Crippen molar-refractivity contribution >= 4 is 0 Å². The number of hydrogen-bond acceptors (Lipinski definition) is 2. The third-order valence-electron chi connectivity index (χ3n) is 4.12. The third kappa shape index (κ3) is 4.06. The Bertz CT molecular complexity index is 187. The Morgan fingerprint density at radius 2 is 1.81 bits per heavy atom. The first kappa shape index (κ1) is 14.0. The summed E-state index contributed by atoms with van der Waals surface area (Å²) in [6.07, 6.45) is 4.16. The fourth-order valence-corrected chi connectivity index (χ4v) is 2.63. The molecule has 2 heteroatoms. The van der Waals surface area contributed by atoms with Gasteiger partial charge in [0.25, 0.3) is 0 Å². The lowest BCUT2D eigenvalue weighted by Crippen LogP contribution is -2.49. The molecule has 0 amide bonds. The number of hydrogen-bond donors (Lipinski definition) is 1. The van der Waals surface area contributed by atoms with Crippen molar-refractivity contribution in [3.05, 3.63) is 0 Å². The molecular formula is C14H30N2. The van der Waals surface area contributed by atoms with E-state index in [1.807, 2.05) is 0 Å². The summed E-state index contributed by atoms with van der Waals surface area (Å²) in [4.78, 5) is 2.64. The lowest BCUT2D eigenvalue weighted by Gasteiger charge is -2.38. The van der Waals surface area contributed by atoms with Crippen LogP contribution in [0.5, 0.6) is 0 Å². The quantitative estimate of drug-likeness (QED) is 0.793. The molecule has 0 bridgehead atoms. The Kier molecular flexibility index (Phi) is 5.26. The average molecular weight is 226 g/mol. The van der Waals surface area contributed by atoms with E-state index in [1.165, 1.54) is 38.9 Å². The highest BCUT2D eigenvalue weighted by Crippen LogP contribution is 2.24. The van der Waals surface area contributed by atoms with Crippen LogP contribution in [0.4, 0.5) is 0 Å². The minimum Gasteiger partial charge on any atom is -0.315 e. The molecule has 1 heterocycles. The molecule has 0 aromatic carbocycles. The van der Waals surface area contributed by atoms with E-state index in [4.69, 9.17) is 0 Å². The van der Waals surface area contributed by atoms with Crippen LogP contribution in [0.15, 0.2) is 0 Å². The average Bonchev–Trinajstić information content (AvgIpc) is 2.25. The van der Waals surface area contributed by atoms with Gasteiger partial charge in [-0.2, -0.15) is 0 Å². The van der Waals surface area contributed by atoms with Gasteiger partial charge in [0.15, 0.2) is 0 Å². The Hall–Kier alpha value is -0.0800. The van der Waals surface area contributed by atoms with Crippen LogP contribution in [0.1, 0.15) is 47.0 Å². The van der Waals surface area contributed by atoms with E-state index in [0.717, 1.165) is 5.92 Å². The van der Waals surface area contributed by atoms with Gasteiger partial charge in [-0.1, -0.05) is 34.1 Å². The van der Waals surface area contributed by atoms with E-state index in [2.05, 4.69) is 45.0 Å². The summed E-state index contributed by atoms with van der Waals surface area (Å²) in [6.45, 7) is 13.1. The van der Waals surface area contributed by atoms with Crippen LogP contribution in [0.25, 0.3) is 0 Å². The minimum atomic E-state index is 0.357. The van der Waals surface area contributed by atoms with Gasteiger partial charge in [0.05, 0.1) is 0 Å². The Labute approximate surface area is 102 Å². The predicted octanol–water partition coefficient (Wildman–Crippen LogP) is 2.74. The summed E-state index contributed by atoms with van der Waals surface area (Å²) in [5, 5.41) is 3.47. The largest absolute Gasteiger partial charge is 0.315 e. The number of likely N-dealkylation sites (N-methyl/N-ethyl adjacent to an activating group) is 1. The van der Waals surface area contributed by atoms with Crippen LogP contribution >= 0.6 is 0 Å². The molecule has 1 N–H and O–H groups in total. The molecule has 1 unspecified atom stereocenters. The normalized spacial score (nSPS) is 22.3. The lowest BCUT2D eigenvalue weighted by molar-refractivity contribution is 0.134. The number of likely N-dealkylation sites (tertiary alicyclic amines) is 1. The molecule has 1 rings (SSSR count). The van der Waals surface area contributed by atoms with Crippen molar-refractivity contribution in [3.8, 4) is 0 Å². The minimum absolute atomic E-state index is 0.357. The van der Waals surface area contributed by atoms with Gasteiger partial charge in [-0.25, -0.2) is 0 Å². The molecule has 1 aliphatic heterocycles. The first-order valence-corrected chi connectivity index (χ1v) is 6.87. The monoisotopic (exact) mass is 226 g/mol. The van der Waals surface area contributed by atoms with Crippen LogP contribution in [0.3, 0.4) is 0 Å². The maximum atomic E-state index is 3.47. The molecule has 0 aliphatic carbocycles. The first-order chi connectivity index (χ1) is 7.47. The smallest absolute Gasteiger partial charge is 0.0240 e. The fraction of sp³-hybridized carbons (Fsp3) is 1.00. The van der Waals surface area contributed by atoms with Gasteiger partial charge in [0.1, 0.15) is 0 Å². The first-order valence-electron chi connectivity index (χ1n) is 6.87. The van der Waals surface area contributed by atoms with Crippen LogP contribution in [-0.2, 0) is 0 Å². The van der Waals surface area contributed by atoms with Gasteiger partial charge < -0.3 is 10.2 Å². The highest BCUT2D eigenvalue weighted by atomic mass is 15.2. The topological polar surface area (TPSA) is 15.3 Å². The summed E-state index contributed by atoms with van der Waals surface area (Å²) in [6, 6.07) is 0.602. The van der Waals surface area contributed by atoms with E-state index in [0.29, 0.717) is 11.5 Å². The molecule has 0 radical (unpaired) electrons. The van der Waals surface area contributed by atoms with E-state index < -0.39 is 0 Å². The Balaban J connectivity index is 2.37. The molecule has 1 saturated heterocycles. The van der Waals surface area contributed by atoms with Crippen molar-refractivity contribution in [1.82, 2.24) is 10.2 Å². The van der Waals surface area contributed by atoms with Gasteiger partial charge in [-0.3, -0.25) is 0 Å². The van der Waals surface area contributed by atoms with Crippen molar-refractivity contribution in [2.45, 2.75) is 53.0 Å². The molecule has 0 aromatic rings. The molecular weight excluding hydrogens is 196 g/mol. The second kappa shape index (κ2) is 6.02. The van der Waals surface area contributed by atoms with E-state index in [1.54, 1.807) is 0 Å². The van der Waals surface area contributed by atoms with Crippen LogP contribution in [0, 0.1) is 11.3 Å². The maximum Gasteiger partial charge on any atom is 0.0240 e. The molecule has 2 nitrogen and oxygen atoms in total. The zero-order valence-corrected chi connectivity index (χ0v) is 11.8. The molecule has 16 heavy (non-hydrogen) atoms. The molecule has 1 atom stereocenters. The zero-order chi connectivity index (χ0) is 12.2. The Morgan fingerprint density at radius 1 is 1.25 bits per heavy atom. The van der Waals surface area contributed by atoms with Gasteiger partial charge in [-0.05, 0) is 44.3 Å². The highest BCUT2D eigenvalue weighted by Gasteiger charge is 2.26. The fourth-order valence-electron chi connectivity index (χ4n) is 2.63. The van der Waals surface area contributed by atoms with Crippen molar-refractivity contribution in [1.29, 1.82) is 0 Å². The molecule has 0 saturated carbocycles. The number of nitrogens with zero attached hydrogens (tertiary/aromatic N) is 1. The van der Waals surface area contributed by atoms with E-state index >= 15 is 0 Å². The van der Waals surface area contributed by atoms with Crippen molar-refractivity contribution in [2.75, 3.05) is 26.7 Å². The SMILES string of the molecule is CCC1CCN(CC(NC)C(C)(C)C)CC1. The third-order valence-corrected chi connectivity index (χ3v) is 4.12. The predicted molar refractivity (Wildman–Crippen MR) is 71.8 cm³/mol.